The predicted octanol–water partition coefficient (Wildman–Crippen LogP) is 1.17. The quantitative estimate of drug-likeness (QED) is 0.814. The first-order valence-electron chi connectivity index (χ1n) is 8.34. The van der Waals surface area contributed by atoms with Crippen LogP contribution in [0.1, 0.15) is 12.8 Å². The summed E-state index contributed by atoms with van der Waals surface area (Å²) in [5.74, 6) is 1.31. The number of anilines is 1. The number of amides is 1. The van der Waals surface area contributed by atoms with Gasteiger partial charge in [-0.15, -0.1) is 0 Å². The van der Waals surface area contributed by atoms with Crippen LogP contribution in [0.5, 0.6) is 5.75 Å². The molecular formula is C17H24N2O4S. The SMILES string of the molecule is COc1cccc(N2CCN(C(=O)C[C@H]3CCS(=O)(=O)C3)CC2)c1. The third kappa shape index (κ3) is 4.01. The molecule has 24 heavy (non-hydrogen) atoms. The number of carbonyl (C=O) groups excluding carboxylic acids is 1. The maximum absolute atomic E-state index is 12.4. The van der Waals surface area contributed by atoms with E-state index < -0.39 is 9.84 Å². The van der Waals surface area contributed by atoms with Gasteiger partial charge in [-0.05, 0) is 24.5 Å². The summed E-state index contributed by atoms with van der Waals surface area (Å²) in [4.78, 5) is 16.5. The van der Waals surface area contributed by atoms with E-state index in [0.29, 0.717) is 25.9 Å². The third-order valence-electron chi connectivity index (χ3n) is 4.84. The molecule has 1 atom stereocenters. The number of benzene rings is 1. The first kappa shape index (κ1) is 17.1. The molecule has 0 unspecified atom stereocenters. The minimum absolute atomic E-state index is 0.00101. The Morgan fingerprint density at radius 3 is 2.62 bits per heavy atom. The zero-order chi connectivity index (χ0) is 17.2. The fraction of sp³-hybridized carbons (Fsp3) is 0.588. The maximum Gasteiger partial charge on any atom is 0.223 e. The number of hydrogen-bond acceptors (Lipinski definition) is 5. The summed E-state index contributed by atoms with van der Waals surface area (Å²) in [6.45, 7) is 2.91. The van der Waals surface area contributed by atoms with Crippen LogP contribution in [-0.4, -0.2) is 64.0 Å². The van der Waals surface area contributed by atoms with Crippen LogP contribution in [0, 0.1) is 5.92 Å². The molecule has 2 aliphatic heterocycles. The first-order chi connectivity index (χ1) is 11.5. The smallest absolute Gasteiger partial charge is 0.223 e. The largest absolute Gasteiger partial charge is 0.497 e. The second kappa shape index (κ2) is 7.01. The van der Waals surface area contributed by atoms with Gasteiger partial charge in [0.05, 0.1) is 18.6 Å². The van der Waals surface area contributed by atoms with Crippen molar-refractivity contribution in [3.63, 3.8) is 0 Å². The lowest BCUT2D eigenvalue weighted by Gasteiger charge is -2.36. The molecule has 0 aliphatic carbocycles. The van der Waals surface area contributed by atoms with Gasteiger partial charge in [0.25, 0.3) is 0 Å². The molecule has 0 N–H and O–H groups in total. The highest BCUT2D eigenvalue weighted by Crippen LogP contribution is 2.24. The van der Waals surface area contributed by atoms with Gasteiger partial charge in [0.1, 0.15) is 5.75 Å². The van der Waals surface area contributed by atoms with Crippen LogP contribution >= 0.6 is 0 Å². The molecule has 2 aliphatic rings. The number of hydrogen-bond donors (Lipinski definition) is 0. The standard InChI is InChI=1S/C17H24N2O4S/c1-23-16-4-2-3-15(12-16)18-6-8-19(9-7-18)17(20)11-14-5-10-24(21,22)13-14/h2-4,12,14H,5-11,13H2,1H3/t14-/m1/s1. The van der Waals surface area contributed by atoms with Crippen molar-refractivity contribution in [2.45, 2.75) is 12.8 Å². The molecule has 0 saturated carbocycles. The van der Waals surface area contributed by atoms with Crippen LogP contribution in [0.25, 0.3) is 0 Å². The van der Waals surface area contributed by atoms with Gasteiger partial charge in [-0.1, -0.05) is 6.07 Å². The van der Waals surface area contributed by atoms with Gasteiger partial charge in [-0.25, -0.2) is 8.42 Å². The van der Waals surface area contributed by atoms with Gasteiger partial charge in [0, 0.05) is 44.4 Å². The molecule has 0 aromatic heterocycles. The monoisotopic (exact) mass is 352 g/mol. The molecule has 0 radical (unpaired) electrons. The van der Waals surface area contributed by atoms with E-state index in [2.05, 4.69) is 4.90 Å². The van der Waals surface area contributed by atoms with E-state index in [1.54, 1.807) is 7.11 Å². The van der Waals surface area contributed by atoms with Crippen molar-refractivity contribution < 1.29 is 17.9 Å². The second-order valence-corrected chi connectivity index (χ2v) is 8.77. The number of ether oxygens (including phenoxy) is 1. The van der Waals surface area contributed by atoms with Crippen LogP contribution in [0.2, 0.25) is 0 Å². The van der Waals surface area contributed by atoms with E-state index in [0.717, 1.165) is 24.5 Å². The van der Waals surface area contributed by atoms with E-state index in [1.165, 1.54) is 0 Å². The Morgan fingerprint density at radius 1 is 1.25 bits per heavy atom. The fourth-order valence-corrected chi connectivity index (χ4v) is 5.29. The molecule has 132 valence electrons. The van der Waals surface area contributed by atoms with Crippen LogP contribution in [-0.2, 0) is 14.6 Å². The van der Waals surface area contributed by atoms with E-state index in [4.69, 9.17) is 4.74 Å². The van der Waals surface area contributed by atoms with Crippen molar-refractivity contribution >= 4 is 21.4 Å². The average molecular weight is 352 g/mol. The summed E-state index contributed by atoms with van der Waals surface area (Å²) in [7, 11) is -1.26. The van der Waals surface area contributed by atoms with E-state index in [1.807, 2.05) is 29.2 Å². The minimum atomic E-state index is -2.91. The van der Waals surface area contributed by atoms with Crippen molar-refractivity contribution in [3.8, 4) is 5.75 Å². The Bertz CT molecular complexity index is 696. The van der Waals surface area contributed by atoms with Gasteiger partial charge in [-0.3, -0.25) is 4.79 Å². The molecule has 1 aromatic carbocycles. The van der Waals surface area contributed by atoms with Gasteiger partial charge >= 0.3 is 0 Å². The van der Waals surface area contributed by atoms with Gasteiger partial charge in [-0.2, -0.15) is 0 Å². The number of nitrogens with zero attached hydrogens (tertiary/aromatic N) is 2. The Balaban J connectivity index is 1.52. The van der Waals surface area contributed by atoms with Crippen molar-refractivity contribution in [2.75, 3.05) is 49.7 Å². The minimum Gasteiger partial charge on any atom is -0.497 e. The summed E-state index contributed by atoms with van der Waals surface area (Å²) < 4.78 is 28.3. The molecule has 2 heterocycles. The van der Waals surface area contributed by atoms with Gasteiger partial charge in [0.15, 0.2) is 9.84 Å². The van der Waals surface area contributed by atoms with Crippen molar-refractivity contribution in [1.29, 1.82) is 0 Å². The van der Waals surface area contributed by atoms with Crippen molar-refractivity contribution in [3.05, 3.63) is 24.3 Å². The highest BCUT2D eigenvalue weighted by atomic mass is 32.2. The zero-order valence-electron chi connectivity index (χ0n) is 14.0. The highest BCUT2D eigenvalue weighted by molar-refractivity contribution is 7.91. The van der Waals surface area contributed by atoms with E-state index >= 15 is 0 Å². The molecule has 3 rings (SSSR count). The Hall–Kier alpha value is -1.76. The highest BCUT2D eigenvalue weighted by Gasteiger charge is 2.31. The summed E-state index contributed by atoms with van der Waals surface area (Å²) in [5.41, 5.74) is 1.10. The molecule has 1 amide bonds. The van der Waals surface area contributed by atoms with E-state index in [9.17, 15) is 13.2 Å². The van der Waals surface area contributed by atoms with Gasteiger partial charge in [0.2, 0.25) is 5.91 Å². The fourth-order valence-electron chi connectivity index (χ4n) is 3.43. The lowest BCUT2D eigenvalue weighted by Crippen LogP contribution is -2.49. The second-order valence-electron chi connectivity index (χ2n) is 6.54. The number of methoxy groups -OCH3 is 1. The molecule has 6 nitrogen and oxygen atoms in total. The van der Waals surface area contributed by atoms with Crippen LogP contribution in [0.15, 0.2) is 24.3 Å². The number of sulfone groups is 1. The summed E-state index contributed by atoms with van der Waals surface area (Å²) in [6, 6.07) is 7.93. The normalized spacial score (nSPS) is 23.3. The summed E-state index contributed by atoms with van der Waals surface area (Å²) in [6.07, 6.45) is 0.982. The third-order valence-corrected chi connectivity index (χ3v) is 6.68. The molecule has 7 heteroatoms. The Morgan fingerprint density at radius 2 is 2.00 bits per heavy atom. The number of piperazine rings is 1. The summed E-state index contributed by atoms with van der Waals surface area (Å²) >= 11 is 0. The maximum atomic E-state index is 12.4. The molecule has 2 saturated heterocycles. The van der Waals surface area contributed by atoms with Crippen LogP contribution in [0.3, 0.4) is 0 Å². The van der Waals surface area contributed by atoms with E-state index in [-0.39, 0.29) is 23.3 Å². The number of carbonyl (C=O) groups is 1. The molecule has 1 aromatic rings. The lowest BCUT2D eigenvalue weighted by molar-refractivity contribution is -0.132. The average Bonchev–Trinajstić information content (AvgIpc) is 2.93. The lowest BCUT2D eigenvalue weighted by atomic mass is 10.0. The number of rotatable bonds is 4. The molecule has 0 bridgehead atoms. The van der Waals surface area contributed by atoms with Crippen molar-refractivity contribution in [1.82, 2.24) is 4.90 Å². The first-order valence-corrected chi connectivity index (χ1v) is 10.2. The van der Waals surface area contributed by atoms with Gasteiger partial charge < -0.3 is 14.5 Å². The Labute approximate surface area is 143 Å². The topological polar surface area (TPSA) is 66.9 Å². The Kier molecular flexibility index (Phi) is 4.99. The predicted molar refractivity (Wildman–Crippen MR) is 93.2 cm³/mol. The summed E-state index contributed by atoms with van der Waals surface area (Å²) in [5, 5.41) is 0. The van der Waals surface area contributed by atoms with Crippen molar-refractivity contribution in [2.24, 2.45) is 5.92 Å². The van der Waals surface area contributed by atoms with Crippen LogP contribution < -0.4 is 9.64 Å². The zero-order valence-corrected chi connectivity index (χ0v) is 14.8. The molecule has 0 spiro atoms. The van der Waals surface area contributed by atoms with Crippen LogP contribution in [0.4, 0.5) is 5.69 Å². The molecule has 2 fully saturated rings. The molecular weight excluding hydrogens is 328 g/mol.